The second-order valence-corrected chi connectivity index (χ2v) is 2.96. The number of benzene rings is 1. The summed E-state index contributed by atoms with van der Waals surface area (Å²) in [5, 5.41) is 8.65. The molecule has 0 heterocycles. The predicted octanol–water partition coefficient (Wildman–Crippen LogP) is 2.52. The third kappa shape index (κ3) is 3.74. The van der Waals surface area contributed by atoms with Crippen molar-refractivity contribution in [3.05, 3.63) is 29.8 Å². The number of carbonyl (C=O) groups is 1. The summed E-state index contributed by atoms with van der Waals surface area (Å²) in [5.74, 6) is 2.45. The number of hydrogen-bond donors (Lipinski definition) is 1. The minimum absolute atomic E-state index is 0.240. The monoisotopic (exact) mass is 204 g/mol. The van der Waals surface area contributed by atoms with Crippen molar-refractivity contribution >= 4 is 5.97 Å². The molecule has 15 heavy (non-hydrogen) atoms. The van der Waals surface area contributed by atoms with Crippen LogP contribution in [0.3, 0.4) is 0 Å². The number of hydrogen-bond acceptors (Lipinski definition) is 2. The van der Waals surface area contributed by atoms with Crippen molar-refractivity contribution in [2.24, 2.45) is 0 Å². The molecular weight excluding hydrogens is 192 g/mol. The van der Waals surface area contributed by atoms with Gasteiger partial charge in [0.1, 0.15) is 11.9 Å². The molecular formula is C12H12O3. The first-order valence-electron chi connectivity index (χ1n) is 4.72. The summed E-state index contributed by atoms with van der Waals surface area (Å²) in [6.07, 6.45) is 4.35. The van der Waals surface area contributed by atoms with E-state index in [4.69, 9.17) is 9.84 Å². The van der Waals surface area contributed by atoms with E-state index in [1.165, 1.54) is 12.1 Å². The minimum atomic E-state index is -0.946. The fraction of sp³-hybridized carbons (Fsp3) is 0.250. The van der Waals surface area contributed by atoms with Crippen LogP contribution in [0, 0.1) is 12.0 Å². The van der Waals surface area contributed by atoms with E-state index in [9.17, 15) is 4.79 Å². The van der Waals surface area contributed by atoms with Gasteiger partial charge in [0.2, 0.25) is 0 Å². The third-order valence-electron chi connectivity index (χ3n) is 1.72. The Morgan fingerprint density at radius 1 is 1.40 bits per heavy atom. The van der Waals surface area contributed by atoms with Crippen molar-refractivity contribution in [2.45, 2.75) is 19.8 Å². The van der Waals surface area contributed by atoms with Gasteiger partial charge in [-0.25, -0.2) is 4.79 Å². The number of carboxylic acid groups (broad SMARTS) is 1. The van der Waals surface area contributed by atoms with Crippen LogP contribution < -0.4 is 4.74 Å². The molecule has 1 aromatic rings. The first kappa shape index (κ1) is 11.1. The van der Waals surface area contributed by atoms with Crippen LogP contribution in [-0.4, -0.2) is 11.1 Å². The molecule has 0 radical (unpaired) electrons. The summed E-state index contributed by atoms with van der Waals surface area (Å²) in [5.41, 5.74) is 0.240. The highest BCUT2D eigenvalue weighted by atomic mass is 16.5. The number of rotatable bonds is 3. The summed E-state index contributed by atoms with van der Waals surface area (Å²) in [6.45, 7) is 2.04. The van der Waals surface area contributed by atoms with Crippen molar-refractivity contribution in [1.82, 2.24) is 0 Å². The number of unbranched alkanes of at least 4 members (excludes halogenated alkanes) is 1. The first-order chi connectivity index (χ1) is 7.24. The molecule has 1 N–H and O–H groups in total. The quantitative estimate of drug-likeness (QED) is 0.769. The molecule has 0 bridgehead atoms. The Bertz CT molecular complexity index is 382. The lowest BCUT2D eigenvalue weighted by Crippen LogP contribution is -1.95. The SMILES string of the molecule is CCCC#COc1ccc(C(=O)O)cc1. The molecule has 1 aromatic carbocycles. The van der Waals surface area contributed by atoms with Crippen molar-refractivity contribution in [3.63, 3.8) is 0 Å². The summed E-state index contributed by atoms with van der Waals surface area (Å²) < 4.78 is 5.09. The van der Waals surface area contributed by atoms with E-state index in [0.29, 0.717) is 5.75 Å². The molecule has 0 saturated heterocycles. The smallest absolute Gasteiger partial charge is 0.335 e. The van der Waals surface area contributed by atoms with Gasteiger partial charge in [-0.1, -0.05) is 12.8 Å². The third-order valence-corrected chi connectivity index (χ3v) is 1.72. The van der Waals surface area contributed by atoms with Gasteiger partial charge in [-0.15, -0.1) is 0 Å². The van der Waals surface area contributed by atoms with Gasteiger partial charge in [0.15, 0.2) is 0 Å². The summed E-state index contributed by atoms with van der Waals surface area (Å²) in [6, 6.07) is 6.15. The molecule has 0 saturated carbocycles. The van der Waals surface area contributed by atoms with Crippen LogP contribution in [0.2, 0.25) is 0 Å². The molecule has 1 rings (SSSR count). The Morgan fingerprint density at radius 2 is 2.07 bits per heavy atom. The molecule has 0 fully saturated rings. The van der Waals surface area contributed by atoms with Crippen LogP contribution in [0.4, 0.5) is 0 Å². The van der Waals surface area contributed by atoms with E-state index in [1.54, 1.807) is 12.1 Å². The molecule has 3 nitrogen and oxygen atoms in total. The maximum Gasteiger partial charge on any atom is 0.335 e. The average Bonchev–Trinajstić information content (AvgIpc) is 2.25. The van der Waals surface area contributed by atoms with Gasteiger partial charge < -0.3 is 9.84 Å². The van der Waals surface area contributed by atoms with Crippen molar-refractivity contribution in [3.8, 4) is 17.8 Å². The van der Waals surface area contributed by atoms with Gasteiger partial charge in [-0.05, 0) is 30.7 Å². The van der Waals surface area contributed by atoms with Crippen LogP contribution in [0.1, 0.15) is 30.1 Å². The fourth-order valence-corrected chi connectivity index (χ4v) is 0.937. The zero-order valence-corrected chi connectivity index (χ0v) is 8.49. The first-order valence-corrected chi connectivity index (χ1v) is 4.72. The Balaban J connectivity index is 2.58. The van der Waals surface area contributed by atoms with Crippen LogP contribution >= 0.6 is 0 Å². The molecule has 0 aliphatic carbocycles. The Hall–Kier alpha value is -1.95. The molecule has 0 aromatic heterocycles. The Labute approximate surface area is 88.7 Å². The molecule has 78 valence electrons. The maximum atomic E-state index is 10.5. The van der Waals surface area contributed by atoms with Crippen molar-refractivity contribution in [1.29, 1.82) is 0 Å². The molecule has 0 aliphatic rings. The number of carboxylic acids is 1. The Kier molecular flexibility index (Phi) is 4.24. The van der Waals surface area contributed by atoms with Gasteiger partial charge in [0.25, 0.3) is 0 Å². The highest BCUT2D eigenvalue weighted by Crippen LogP contribution is 2.11. The van der Waals surface area contributed by atoms with Crippen LogP contribution in [0.15, 0.2) is 24.3 Å². The normalized spacial score (nSPS) is 8.87. The molecule has 3 heteroatoms. The lowest BCUT2D eigenvalue weighted by Gasteiger charge is -1.97. The molecule has 0 amide bonds. The minimum Gasteiger partial charge on any atom is -0.478 e. The van der Waals surface area contributed by atoms with Gasteiger partial charge in [-0.2, -0.15) is 0 Å². The summed E-state index contributed by atoms with van der Waals surface area (Å²) in [4.78, 5) is 10.5. The van der Waals surface area contributed by atoms with Crippen molar-refractivity contribution in [2.75, 3.05) is 0 Å². The van der Waals surface area contributed by atoms with E-state index in [1.807, 2.05) is 6.92 Å². The standard InChI is InChI=1S/C12H12O3/c1-2-3-4-9-15-11-7-5-10(6-8-11)12(13)14/h5-8H,2-3H2,1H3,(H,13,14). The number of aromatic carboxylic acids is 1. The lowest BCUT2D eigenvalue weighted by molar-refractivity contribution is 0.0697. The van der Waals surface area contributed by atoms with E-state index in [0.717, 1.165) is 12.8 Å². The zero-order chi connectivity index (χ0) is 11.1. The van der Waals surface area contributed by atoms with Gasteiger partial charge in [0, 0.05) is 6.42 Å². The number of ether oxygens (including phenoxy) is 1. The van der Waals surface area contributed by atoms with E-state index in [2.05, 4.69) is 12.0 Å². The summed E-state index contributed by atoms with van der Waals surface area (Å²) >= 11 is 0. The van der Waals surface area contributed by atoms with Crippen molar-refractivity contribution < 1.29 is 14.6 Å². The second kappa shape index (κ2) is 5.71. The van der Waals surface area contributed by atoms with E-state index < -0.39 is 5.97 Å². The predicted molar refractivity (Wildman–Crippen MR) is 56.7 cm³/mol. The zero-order valence-electron chi connectivity index (χ0n) is 8.49. The summed E-state index contributed by atoms with van der Waals surface area (Å²) in [7, 11) is 0. The highest BCUT2D eigenvalue weighted by Gasteiger charge is 2.01. The fourth-order valence-electron chi connectivity index (χ4n) is 0.937. The van der Waals surface area contributed by atoms with Crippen LogP contribution in [0.5, 0.6) is 5.75 Å². The average molecular weight is 204 g/mol. The molecule has 0 aliphatic heterocycles. The van der Waals surface area contributed by atoms with E-state index in [-0.39, 0.29) is 5.56 Å². The topological polar surface area (TPSA) is 46.5 Å². The van der Waals surface area contributed by atoms with Crippen LogP contribution in [0.25, 0.3) is 0 Å². The maximum absolute atomic E-state index is 10.5. The van der Waals surface area contributed by atoms with Gasteiger partial charge >= 0.3 is 5.97 Å². The second-order valence-electron chi connectivity index (χ2n) is 2.96. The molecule has 0 spiro atoms. The van der Waals surface area contributed by atoms with Gasteiger partial charge in [0.05, 0.1) is 5.56 Å². The highest BCUT2D eigenvalue weighted by molar-refractivity contribution is 5.87. The molecule has 0 unspecified atom stereocenters. The molecule has 0 atom stereocenters. The lowest BCUT2D eigenvalue weighted by atomic mass is 10.2. The van der Waals surface area contributed by atoms with E-state index >= 15 is 0 Å². The Morgan fingerprint density at radius 3 is 2.60 bits per heavy atom. The van der Waals surface area contributed by atoms with Gasteiger partial charge in [-0.3, -0.25) is 0 Å². The van der Waals surface area contributed by atoms with Crippen LogP contribution in [-0.2, 0) is 0 Å². The largest absolute Gasteiger partial charge is 0.478 e.